The number of nitrogens with zero attached hydrogens (tertiary/aromatic N) is 5. The summed E-state index contributed by atoms with van der Waals surface area (Å²) in [5, 5.41) is 9.69. The van der Waals surface area contributed by atoms with E-state index in [-0.39, 0.29) is 11.7 Å². The van der Waals surface area contributed by atoms with E-state index in [1.54, 1.807) is 18.1 Å². The van der Waals surface area contributed by atoms with Gasteiger partial charge >= 0.3 is 0 Å². The number of likely N-dealkylation sites (N-methyl/N-ethyl adjacent to an activating group) is 1. The van der Waals surface area contributed by atoms with Crippen molar-refractivity contribution in [2.75, 3.05) is 42.9 Å². The smallest absolute Gasteiger partial charge is 0.291 e. The molecule has 2 aromatic heterocycles. The lowest BCUT2D eigenvalue weighted by atomic mass is 10.1. The maximum absolute atomic E-state index is 13.2. The predicted octanol–water partition coefficient (Wildman–Crippen LogP) is 2.27. The molecule has 1 atom stereocenters. The molecule has 36 heavy (non-hydrogen) atoms. The van der Waals surface area contributed by atoms with Crippen molar-refractivity contribution >= 4 is 35.1 Å². The number of benzene rings is 1. The number of nitrogens with one attached hydrogen (secondary N) is 2. The van der Waals surface area contributed by atoms with Crippen molar-refractivity contribution in [1.82, 2.24) is 25.5 Å². The van der Waals surface area contributed by atoms with Gasteiger partial charge in [0, 0.05) is 50.4 Å². The largest absolute Gasteiger partial charge is 0.381 e. The van der Waals surface area contributed by atoms with Crippen LogP contribution in [-0.4, -0.2) is 77.1 Å². The first kappa shape index (κ1) is 24.3. The van der Waals surface area contributed by atoms with Crippen molar-refractivity contribution < 1.29 is 14.3 Å². The average molecular weight is 508 g/mol. The van der Waals surface area contributed by atoms with E-state index in [1.807, 2.05) is 43.4 Å². The fraction of sp³-hybridized carbons (Fsp3) is 0.400. The summed E-state index contributed by atoms with van der Waals surface area (Å²) in [6.45, 7) is 1.51. The predicted molar refractivity (Wildman–Crippen MR) is 137 cm³/mol. The molecule has 4 heterocycles. The van der Waals surface area contributed by atoms with Gasteiger partial charge in [0.2, 0.25) is 11.7 Å². The molecule has 1 aromatic carbocycles. The summed E-state index contributed by atoms with van der Waals surface area (Å²) in [4.78, 5) is 39.7. The molecule has 0 spiro atoms. The highest BCUT2D eigenvalue weighted by atomic mass is 32.2. The second-order valence-corrected chi connectivity index (χ2v) is 10.0. The molecule has 1 fully saturated rings. The van der Waals surface area contributed by atoms with E-state index < -0.39 is 11.9 Å². The van der Waals surface area contributed by atoms with E-state index in [4.69, 9.17) is 4.74 Å². The van der Waals surface area contributed by atoms with E-state index in [0.717, 1.165) is 48.0 Å². The topological polar surface area (TPSA) is 116 Å². The first-order chi connectivity index (χ1) is 17.5. The van der Waals surface area contributed by atoms with Crippen molar-refractivity contribution in [1.29, 1.82) is 0 Å². The molecular weight excluding hydrogens is 478 g/mol. The number of pyridine rings is 1. The third-order valence-electron chi connectivity index (χ3n) is 6.58. The quantitative estimate of drug-likeness (QED) is 0.522. The number of rotatable bonds is 6. The van der Waals surface area contributed by atoms with Crippen LogP contribution in [-0.2, 0) is 16.0 Å². The Morgan fingerprint density at radius 2 is 2.06 bits per heavy atom. The minimum atomic E-state index is -0.715. The van der Waals surface area contributed by atoms with Crippen molar-refractivity contribution in [3.8, 4) is 0 Å². The normalized spacial score (nSPS) is 18.4. The number of amides is 2. The van der Waals surface area contributed by atoms with Crippen LogP contribution < -0.4 is 15.1 Å². The number of carbonyl (C=O) groups is 2. The Kier molecular flexibility index (Phi) is 7.19. The highest BCUT2D eigenvalue weighted by molar-refractivity contribution is 7.99. The Balaban J connectivity index is 1.26. The van der Waals surface area contributed by atoms with Crippen LogP contribution in [0.25, 0.3) is 0 Å². The summed E-state index contributed by atoms with van der Waals surface area (Å²) in [6.07, 6.45) is 4.20. The lowest BCUT2D eigenvalue weighted by Crippen LogP contribution is -2.48. The molecule has 0 saturated carbocycles. The highest BCUT2D eigenvalue weighted by Gasteiger charge is 2.32. The molecular formula is C25H29N7O3S. The SMILES string of the molecule is CN1C(=O)[C@@H](NC(=O)c2n[nH]c(Cc3ccccc3)n2)CSc2cc(N(C)C3CCOCC3)ncc21. The van der Waals surface area contributed by atoms with Gasteiger partial charge in [-0.15, -0.1) is 16.9 Å². The van der Waals surface area contributed by atoms with Gasteiger partial charge in [0.05, 0.1) is 11.9 Å². The molecule has 0 radical (unpaired) electrons. The number of hydrogen-bond acceptors (Lipinski definition) is 8. The molecule has 2 aliphatic heterocycles. The van der Waals surface area contributed by atoms with Crippen LogP contribution in [0.4, 0.5) is 11.5 Å². The number of aromatic nitrogens is 4. The van der Waals surface area contributed by atoms with E-state index in [9.17, 15) is 9.59 Å². The van der Waals surface area contributed by atoms with Gasteiger partial charge in [-0.2, -0.15) is 0 Å². The molecule has 10 nitrogen and oxygen atoms in total. The molecule has 1 saturated heterocycles. The van der Waals surface area contributed by atoms with Crippen molar-refractivity contribution in [3.63, 3.8) is 0 Å². The van der Waals surface area contributed by atoms with Gasteiger partial charge in [-0.05, 0) is 24.5 Å². The molecule has 0 unspecified atom stereocenters. The first-order valence-electron chi connectivity index (χ1n) is 12.0. The third-order valence-corrected chi connectivity index (χ3v) is 7.72. The van der Waals surface area contributed by atoms with Gasteiger partial charge in [-0.3, -0.25) is 14.7 Å². The number of thioether (sulfide) groups is 1. The zero-order valence-electron chi connectivity index (χ0n) is 20.3. The number of anilines is 2. The standard InChI is InChI=1S/C25H29N7O3S/c1-31(17-8-10-35-11-9-17)22-13-20-19(14-26-22)32(2)25(34)18(15-36-20)27-24(33)23-28-21(29-30-23)12-16-6-4-3-5-7-16/h3-7,13-14,17-18H,8-12,15H2,1-2H3,(H,27,33)(H,28,29,30)/t18-/m0/s1. The highest BCUT2D eigenvalue weighted by Crippen LogP contribution is 2.36. The number of fused-ring (bicyclic) bond motifs is 1. The Morgan fingerprint density at radius 1 is 1.28 bits per heavy atom. The Bertz CT molecular complexity index is 1230. The molecule has 0 aliphatic carbocycles. The zero-order valence-corrected chi connectivity index (χ0v) is 21.1. The molecule has 11 heteroatoms. The summed E-state index contributed by atoms with van der Waals surface area (Å²) in [5.74, 6) is 1.18. The van der Waals surface area contributed by atoms with Crippen LogP contribution in [0.3, 0.4) is 0 Å². The molecule has 0 bridgehead atoms. The monoisotopic (exact) mass is 507 g/mol. The molecule has 188 valence electrons. The fourth-order valence-electron chi connectivity index (χ4n) is 4.43. The van der Waals surface area contributed by atoms with E-state index in [1.165, 1.54) is 11.8 Å². The first-order valence-corrected chi connectivity index (χ1v) is 12.9. The second-order valence-electron chi connectivity index (χ2n) is 8.97. The summed E-state index contributed by atoms with van der Waals surface area (Å²) >= 11 is 1.53. The van der Waals surface area contributed by atoms with Crippen LogP contribution >= 0.6 is 11.8 Å². The van der Waals surface area contributed by atoms with E-state index >= 15 is 0 Å². The van der Waals surface area contributed by atoms with Crippen LogP contribution in [0.2, 0.25) is 0 Å². The fourth-order valence-corrected chi connectivity index (χ4v) is 5.53. The Morgan fingerprint density at radius 3 is 2.83 bits per heavy atom. The van der Waals surface area contributed by atoms with Crippen LogP contribution in [0.1, 0.15) is 34.8 Å². The maximum Gasteiger partial charge on any atom is 0.291 e. The minimum absolute atomic E-state index is 0.0187. The average Bonchev–Trinajstić information content (AvgIpc) is 3.35. The second kappa shape index (κ2) is 10.7. The molecule has 2 aliphatic rings. The number of H-pyrrole nitrogens is 1. The number of carbonyl (C=O) groups excluding carboxylic acids is 2. The van der Waals surface area contributed by atoms with E-state index in [2.05, 4.69) is 30.4 Å². The zero-order chi connectivity index (χ0) is 25.1. The van der Waals surface area contributed by atoms with Crippen LogP contribution in [0.5, 0.6) is 0 Å². The summed E-state index contributed by atoms with van der Waals surface area (Å²) in [5.41, 5.74) is 1.79. The lowest BCUT2D eigenvalue weighted by Gasteiger charge is -2.32. The minimum Gasteiger partial charge on any atom is -0.381 e. The lowest BCUT2D eigenvalue weighted by molar-refractivity contribution is -0.119. The van der Waals surface area contributed by atoms with Gasteiger partial charge in [0.25, 0.3) is 5.91 Å². The molecule has 2 N–H and O–H groups in total. The Labute approximate surface area is 213 Å². The molecule has 5 rings (SSSR count). The summed E-state index contributed by atoms with van der Waals surface area (Å²) in [7, 11) is 3.76. The van der Waals surface area contributed by atoms with E-state index in [0.29, 0.717) is 24.0 Å². The summed E-state index contributed by atoms with van der Waals surface area (Å²) < 4.78 is 5.48. The van der Waals surface area contributed by atoms with Crippen molar-refractivity contribution in [3.05, 3.63) is 59.8 Å². The van der Waals surface area contributed by atoms with Gasteiger partial charge < -0.3 is 19.9 Å². The number of ether oxygens (including phenoxy) is 1. The van der Waals surface area contributed by atoms with Crippen molar-refractivity contribution in [2.24, 2.45) is 0 Å². The van der Waals surface area contributed by atoms with Crippen molar-refractivity contribution in [2.45, 2.75) is 36.2 Å². The molecule has 3 aromatic rings. The number of hydrogen-bond donors (Lipinski definition) is 2. The van der Waals surface area contributed by atoms with Crippen LogP contribution in [0, 0.1) is 0 Å². The van der Waals surface area contributed by atoms with Gasteiger partial charge in [0.1, 0.15) is 17.7 Å². The van der Waals surface area contributed by atoms with Gasteiger partial charge in [-0.25, -0.2) is 9.97 Å². The maximum atomic E-state index is 13.2. The summed E-state index contributed by atoms with van der Waals surface area (Å²) in [6, 6.07) is 11.5. The Hall–Kier alpha value is -3.44. The molecule has 2 amide bonds. The number of aromatic amines is 1. The van der Waals surface area contributed by atoms with Crippen LogP contribution in [0.15, 0.2) is 47.5 Å². The third kappa shape index (κ3) is 5.21. The van der Waals surface area contributed by atoms with Gasteiger partial charge in [-0.1, -0.05) is 30.3 Å². The van der Waals surface area contributed by atoms with Gasteiger partial charge in [0.15, 0.2) is 0 Å².